The summed E-state index contributed by atoms with van der Waals surface area (Å²) < 4.78 is 13.8. The van der Waals surface area contributed by atoms with Crippen LogP contribution in [0.4, 0.5) is 4.39 Å². The van der Waals surface area contributed by atoms with Crippen molar-refractivity contribution in [1.82, 2.24) is 20.6 Å². The Bertz CT molecular complexity index is 1340. The van der Waals surface area contributed by atoms with Gasteiger partial charge in [-0.05, 0) is 68.1 Å². The number of H-pyrrole nitrogens is 2. The molecule has 0 fully saturated rings. The van der Waals surface area contributed by atoms with Gasteiger partial charge in [-0.25, -0.2) is 4.39 Å². The molecule has 2 amide bonds. The number of hydrogen-bond acceptors (Lipinski definition) is 3. The Morgan fingerprint density at radius 3 is 2.38 bits per heavy atom. The number of nitrogens with one attached hydrogen (secondary N) is 4. The fourth-order valence-electron chi connectivity index (χ4n) is 4.82. The van der Waals surface area contributed by atoms with Crippen molar-refractivity contribution in [2.75, 3.05) is 6.54 Å². The largest absolute Gasteiger partial charge is 0.361 e. The van der Waals surface area contributed by atoms with E-state index >= 15 is 0 Å². The van der Waals surface area contributed by atoms with E-state index in [-0.39, 0.29) is 23.7 Å². The molecule has 2 aromatic heterocycles. The van der Waals surface area contributed by atoms with Gasteiger partial charge in [-0.1, -0.05) is 31.0 Å². The molecule has 6 N–H and O–H groups in total. The lowest BCUT2D eigenvalue weighted by Crippen LogP contribution is -2.50. The van der Waals surface area contributed by atoms with Crippen molar-refractivity contribution >= 4 is 33.6 Å². The number of aromatic amines is 2. The molecule has 4 rings (SSSR count). The average molecular weight is 506 g/mol. The summed E-state index contributed by atoms with van der Waals surface area (Å²) in [6.07, 6.45) is 8.68. The van der Waals surface area contributed by atoms with Gasteiger partial charge in [0.2, 0.25) is 11.8 Å². The maximum Gasteiger partial charge on any atom is 0.243 e. The van der Waals surface area contributed by atoms with E-state index in [2.05, 4.69) is 20.6 Å². The fourth-order valence-corrected chi connectivity index (χ4v) is 4.82. The number of unbranched alkanes of at least 4 members (excludes halogenated alkanes) is 3. The number of para-hydroxylation sites is 1. The zero-order valence-corrected chi connectivity index (χ0v) is 21.3. The first-order valence-electron chi connectivity index (χ1n) is 13.0. The van der Waals surface area contributed by atoms with Crippen LogP contribution in [0.3, 0.4) is 0 Å². The molecule has 2 unspecified atom stereocenters. The second-order valence-corrected chi connectivity index (χ2v) is 9.75. The first-order valence-corrected chi connectivity index (χ1v) is 13.0. The van der Waals surface area contributed by atoms with Crippen LogP contribution in [0.15, 0.2) is 54.9 Å². The van der Waals surface area contributed by atoms with Crippen LogP contribution in [-0.2, 0) is 22.4 Å². The van der Waals surface area contributed by atoms with Crippen LogP contribution in [0.25, 0.3) is 21.8 Å². The summed E-state index contributed by atoms with van der Waals surface area (Å²) in [5.74, 6) is -0.664. The highest BCUT2D eigenvalue weighted by Crippen LogP contribution is 2.22. The van der Waals surface area contributed by atoms with E-state index in [0.717, 1.165) is 58.6 Å². The van der Waals surface area contributed by atoms with E-state index in [9.17, 15) is 14.0 Å². The lowest BCUT2D eigenvalue weighted by Gasteiger charge is -2.21. The number of carbonyl (C=O) groups excluding carboxylic acids is 2. The van der Waals surface area contributed by atoms with E-state index in [1.807, 2.05) is 43.6 Å². The molecule has 2 heterocycles. The molecule has 2 aromatic carbocycles. The first kappa shape index (κ1) is 26.4. The van der Waals surface area contributed by atoms with Gasteiger partial charge in [-0.3, -0.25) is 9.59 Å². The van der Waals surface area contributed by atoms with Crippen molar-refractivity contribution in [2.24, 2.45) is 5.73 Å². The standard InChI is InChI=1S/C29H36FN5O2/c1-19(14-20-17-33-26-12-11-22(30)16-24(20)26)34-29(37)27(35-28(36)10-4-2-3-7-13-31)15-21-18-32-25-9-6-5-8-23(21)25/h5-6,8-9,11-12,16-19,27,32-33H,2-4,7,10,13-15,31H2,1H3,(H,34,37)(H,35,36). The van der Waals surface area contributed by atoms with Crippen LogP contribution in [0.5, 0.6) is 0 Å². The second kappa shape index (κ2) is 12.5. The van der Waals surface area contributed by atoms with E-state index < -0.39 is 6.04 Å². The number of carbonyl (C=O) groups is 2. The van der Waals surface area contributed by atoms with Gasteiger partial charge in [0.1, 0.15) is 11.9 Å². The normalized spacial score (nSPS) is 13.1. The molecule has 0 aliphatic rings. The van der Waals surface area contributed by atoms with Gasteiger partial charge in [-0.15, -0.1) is 0 Å². The maximum atomic E-state index is 13.8. The molecule has 0 radical (unpaired) electrons. The summed E-state index contributed by atoms with van der Waals surface area (Å²) in [6, 6.07) is 11.6. The topological polar surface area (TPSA) is 116 Å². The van der Waals surface area contributed by atoms with Crippen LogP contribution >= 0.6 is 0 Å². The smallest absolute Gasteiger partial charge is 0.243 e. The highest BCUT2D eigenvalue weighted by Gasteiger charge is 2.24. The quantitative estimate of drug-likeness (QED) is 0.173. The van der Waals surface area contributed by atoms with Crippen LogP contribution < -0.4 is 16.4 Å². The zero-order chi connectivity index (χ0) is 26.2. The summed E-state index contributed by atoms with van der Waals surface area (Å²) in [4.78, 5) is 32.5. The van der Waals surface area contributed by atoms with Crippen LogP contribution in [0, 0.1) is 5.82 Å². The van der Waals surface area contributed by atoms with E-state index in [1.54, 1.807) is 6.07 Å². The Labute approximate surface area is 216 Å². The van der Waals surface area contributed by atoms with E-state index in [0.29, 0.717) is 25.8 Å². The number of fused-ring (bicyclic) bond motifs is 2. The minimum absolute atomic E-state index is 0.132. The maximum absolute atomic E-state index is 13.8. The number of nitrogens with two attached hydrogens (primary N) is 1. The van der Waals surface area contributed by atoms with Crippen molar-refractivity contribution in [3.8, 4) is 0 Å². The van der Waals surface area contributed by atoms with Gasteiger partial charge in [0, 0.05) is 53.1 Å². The predicted octanol–water partition coefficient (Wildman–Crippen LogP) is 4.47. The van der Waals surface area contributed by atoms with Gasteiger partial charge in [0.15, 0.2) is 0 Å². The number of rotatable bonds is 13. The molecule has 7 nitrogen and oxygen atoms in total. The van der Waals surface area contributed by atoms with Crippen molar-refractivity contribution in [1.29, 1.82) is 0 Å². The number of benzene rings is 2. The number of hydrogen-bond donors (Lipinski definition) is 5. The highest BCUT2D eigenvalue weighted by atomic mass is 19.1. The number of halogens is 1. The molecule has 196 valence electrons. The molecule has 2 atom stereocenters. The summed E-state index contributed by atoms with van der Waals surface area (Å²) in [6.45, 7) is 2.57. The summed E-state index contributed by atoms with van der Waals surface area (Å²) in [7, 11) is 0. The van der Waals surface area contributed by atoms with Gasteiger partial charge in [-0.2, -0.15) is 0 Å². The van der Waals surface area contributed by atoms with Gasteiger partial charge >= 0.3 is 0 Å². The molecule has 0 spiro atoms. The van der Waals surface area contributed by atoms with Crippen LogP contribution in [0.1, 0.15) is 50.2 Å². The Kier molecular flexibility index (Phi) is 8.95. The SMILES string of the molecule is CC(Cc1c[nH]c2ccc(F)cc12)NC(=O)C(Cc1c[nH]c2ccccc12)NC(=O)CCCCCCN. The first-order chi connectivity index (χ1) is 17.9. The number of aromatic nitrogens is 2. The minimum Gasteiger partial charge on any atom is -0.361 e. The zero-order valence-electron chi connectivity index (χ0n) is 21.3. The molecular formula is C29H36FN5O2. The molecule has 0 saturated heterocycles. The van der Waals surface area contributed by atoms with Gasteiger partial charge < -0.3 is 26.3 Å². The summed E-state index contributed by atoms with van der Waals surface area (Å²) >= 11 is 0. The predicted molar refractivity (Wildman–Crippen MR) is 146 cm³/mol. The minimum atomic E-state index is -0.710. The molecule has 37 heavy (non-hydrogen) atoms. The van der Waals surface area contributed by atoms with Gasteiger partial charge in [0.05, 0.1) is 0 Å². The van der Waals surface area contributed by atoms with E-state index in [4.69, 9.17) is 5.73 Å². The molecule has 0 aliphatic carbocycles. The summed E-state index contributed by atoms with van der Waals surface area (Å²) in [5, 5.41) is 7.87. The molecule has 0 saturated carbocycles. The summed E-state index contributed by atoms with van der Waals surface area (Å²) in [5.41, 5.74) is 9.29. The highest BCUT2D eigenvalue weighted by molar-refractivity contribution is 5.90. The Balaban J connectivity index is 1.43. The fraction of sp³-hybridized carbons (Fsp3) is 0.379. The third-order valence-corrected chi connectivity index (χ3v) is 6.75. The van der Waals surface area contributed by atoms with Crippen LogP contribution in [-0.4, -0.2) is 40.4 Å². The Morgan fingerprint density at radius 2 is 1.59 bits per heavy atom. The lowest BCUT2D eigenvalue weighted by molar-refractivity contribution is -0.129. The second-order valence-electron chi connectivity index (χ2n) is 9.75. The third kappa shape index (κ3) is 6.98. The molecule has 0 aliphatic heterocycles. The van der Waals surface area contributed by atoms with Crippen molar-refractivity contribution in [3.05, 3.63) is 71.8 Å². The monoisotopic (exact) mass is 505 g/mol. The number of amides is 2. The molecule has 0 bridgehead atoms. The molecular weight excluding hydrogens is 469 g/mol. The molecule has 8 heteroatoms. The Morgan fingerprint density at radius 1 is 0.892 bits per heavy atom. The van der Waals surface area contributed by atoms with E-state index in [1.165, 1.54) is 12.1 Å². The third-order valence-electron chi connectivity index (χ3n) is 6.75. The molecule has 4 aromatic rings. The Hall–Kier alpha value is -3.65. The lowest BCUT2D eigenvalue weighted by atomic mass is 10.0. The van der Waals surface area contributed by atoms with Crippen molar-refractivity contribution < 1.29 is 14.0 Å². The van der Waals surface area contributed by atoms with Crippen molar-refractivity contribution in [3.63, 3.8) is 0 Å². The average Bonchev–Trinajstić information content (AvgIpc) is 3.47. The van der Waals surface area contributed by atoms with Gasteiger partial charge in [0.25, 0.3) is 0 Å². The van der Waals surface area contributed by atoms with Crippen molar-refractivity contribution in [2.45, 2.75) is 64.0 Å². The van der Waals surface area contributed by atoms with Crippen LogP contribution in [0.2, 0.25) is 0 Å².